The van der Waals surface area contributed by atoms with E-state index in [1.54, 1.807) is 0 Å². The van der Waals surface area contributed by atoms with E-state index in [0.717, 1.165) is 99.5 Å². The average molecular weight is 1720 g/mol. The number of hydrogen-bond donors (Lipinski definition) is 5. The van der Waals surface area contributed by atoms with E-state index in [9.17, 15) is 0 Å². The van der Waals surface area contributed by atoms with E-state index in [4.69, 9.17) is 38.6 Å². The number of aromatic nitrogens is 3. The van der Waals surface area contributed by atoms with Gasteiger partial charge >= 0.3 is 0 Å². The summed E-state index contributed by atoms with van der Waals surface area (Å²) in [5.41, 5.74) is 11.5. The Kier molecular flexibility index (Phi) is 25.5. The normalized spacial score (nSPS) is 19.0. The van der Waals surface area contributed by atoms with Gasteiger partial charge in [-0.05, 0) is 110 Å². The van der Waals surface area contributed by atoms with E-state index in [2.05, 4.69) is 428 Å². The van der Waals surface area contributed by atoms with Crippen molar-refractivity contribution in [3.63, 3.8) is 0 Å². The number of benzene rings is 15. The van der Waals surface area contributed by atoms with Gasteiger partial charge in [-0.3, -0.25) is 36.2 Å². The molecule has 1 aliphatic carbocycles. The summed E-state index contributed by atoms with van der Waals surface area (Å²) in [4.78, 5) is 16.0. The Labute approximate surface area is 765 Å². The van der Waals surface area contributed by atoms with Crippen LogP contribution in [-0.2, 0) is 65.7 Å². The molecule has 646 valence electrons. The van der Waals surface area contributed by atoms with Gasteiger partial charge in [0.2, 0.25) is 0 Å². The van der Waals surface area contributed by atoms with Crippen molar-refractivity contribution in [3.8, 4) is 0 Å². The van der Waals surface area contributed by atoms with Crippen LogP contribution < -0.4 is 21.3 Å². The Balaban J connectivity index is 0.845. The third-order valence-corrected chi connectivity index (χ3v) is 26.4. The highest BCUT2D eigenvalue weighted by atomic mass is 16.7. The minimum Gasteiger partial charge on any atom is -0.388 e. The van der Waals surface area contributed by atoms with Gasteiger partial charge in [-0.15, -0.1) is 0 Å². The summed E-state index contributed by atoms with van der Waals surface area (Å²) in [5.74, 6) is 0. The van der Waals surface area contributed by atoms with Gasteiger partial charge in [-0.25, -0.2) is 0 Å². The molecule has 0 bridgehead atoms. The molecular formula is C118H103N7O6. The molecule has 13 heteroatoms. The number of nitrogens with one attached hydrogen (secondary N) is 4. The Hall–Kier alpha value is -13.9. The minimum absolute atomic E-state index is 0.00761. The molecule has 0 spiro atoms. The van der Waals surface area contributed by atoms with Crippen molar-refractivity contribution in [2.45, 2.75) is 109 Å². The molecule has 131 heavy (non-hydrogen) atoms. The molecule has 0 radical (unpaired) electrons. The summed E-state index contributed by atoms with van der Waals surface area (Å²) in [6.45, 7) is 0.164. The van der Waals surface area contributed by atoms with Crippen molar-refractivity contribution < 1.29 is 28.8 Å². The molecule has 0 amide bonds. The third kappa shape index (κ3) is 17.5. The van der Waals surface area contributed by atoms with Gasteiger partial charge in [0.05, 0.1) is 81.7 Å². The largest absolute Gasteiger partial charge is 0.388 e. The lowest BCUT2D eigenvalue weighted by atomic mass is 9.72. The number of nitrogens with zero attached hydrogens (tertiary/aromatic N) is 3. The first-order chi connectivity index (χ1) is 64.8. The first kappa shape index (κ1) is 85.2. The second-order valence-electron chi connectivity index (χ2n) is 34.1. The fourth-order valence-electron chi connectivity index (χ4n) is 20.3. The van der Waals surface area contributed by atoms with E-state index in [-0.39, 0.29) is 32.8 Å². The molecule has 2 aliphatic rings. The first-order valence-electron chi connectivity index (χ1n) is 45.4. The zero-order valence-corrected chi connectivity index (χ0v) is 72.7. The van der Waals surface area contributed by atoms with E-state index in [0.29, 0.717) is 17.1 Å². The Morgan fingerprint density at radius 2 is 0.504 bits per heavy atom. The Bertz CT molecular complexity index is 6330. The van der Waals surface area contributed by atoms with E-state index in [1.165, 1.54) is 0 Å². The molecule has 15 aromatic carbocycles. The van der Waals surface area contributed by atoms with Crippen LogP contribution in [-0.4, -0.2) is 87.6 Å². The number of para-hydroxylation sites is 3. The molecule has 10 atom stereocenters. The van der Waals surface area contributed by atoms with Crippen molar-refractivity contribution in [1.82, 2.24) is 36.2 Å². The minimum atomic E-state index is -1.53. The maximum absolute atomic E-state index is 15.5. The lowest BCUT2D eigenvalue weighted by Gasteiger charge is -2.54. The van der Waals surface area contributed by atoms with Crippen LogP contribution in [0.3, 0.4) is 0 Å². The van der Waals surface area contributed by atoms with Gasteiger partial charge in [0, 0.05) is 34.8 Å². The first-order valence-corrected chi connectivity index (χ1v) is 45.4. The lowest BCUT2D eigenvalue weighted by molar-refractivity contribution is -0.310. The molecule has 1 saturated carbocycles. The van der Waals surface area contributed by atoms with Gasteiger partial charge in [0.25, 0.3) is 0 Å². The molecule has 5 N–H and O–H groups in total. The number of aliphatic hydroxyl groups is 1. The summed E-state index contributed by atoms with van der Waals surface area (Å²) >= 11 is 0. The maximum Gasteiger partial charge on any atom is 0.176 e. The Morgan fingerprint density at radius 1 is 0.260 bits per heavy atom. The van der Waals surface area contributed by atoms with Crippen LogP contribution in [0.5, 0.6) is 0 Å². The molecule has 3 aromatic heterocycles. The standard InChI is InChI=1S/C118H103N7O6/c126-109-110(127-81-99-76-73-84-43-37-40-70-102(84)120-99)105(123-116(90-52-19-4-20-53-90,91-54-21-5-22-55-91)92-56-23-6-24-57-92)79-106(124-117(93-58-25-7-26-59-93,94-60-27-8-28-61-94)95-62-29-9-30-63-95)111(109)131-114-108(125-118(96-64-31-10-32-65-96,97-66-33-11-34-67-97)98-68-35-12-36-69-98)113(129-83-101-78-75-86-45-39-42-72-104(86)122-101)112(128-82-100-77-74-85-44-38-41-71-103(85)121-100)107(130-114)80-119-115(87-46-13-1-14-47-87,88-48-15-2-16-49-88)89-50-17-3-18-51-89/h1-78,105-114,119,123-126H,79-83H2/t105-,106+,107-,108-,109-,110+,111-,112-,113-,114-/m1/s1. The fraction of sp³-hybridized carbons (Fsp3) is 0.161. The third-order valence-electron chi connectivity index (χ3n) is 26.4. The fourth-order valence-corrected chi connectivity index (χ4v) is 20.3. The van der Waals surface area contributed by atoms with Gasteiger partial charge < -0.3 is 28.8 Å². The van der Waals surface area contributed by atoms with Gasteiger partial charge in [-0.1, -0.05) is 437 Å². The van der Waals surface area contributed by atoms with Crippen molar-refractivity contribution in [2.24, 2.45) is 0 Å². The van der Waals surface area contributed by atoms with Crippen LogP contribution in [0, 0.1) is 0 Å². The number of fused-ring (bicyclic) bond motifs is 3. The maximum atomic E-state index is 15.5. The lowest BCUT2D eigenvalue weighted by Crippen LogP contribution is -2.73. The average Bonchev–Trinajstić information content (AvgIpc) is 0.735. The van der Waals surface area contributed by atoms with Crippen LogP contribution in [0.25, 0.3) is 32.7 Å². The number of pyridine rings is 3. The molecule has 1 saturated heterocycles. The molecule has 13 nitrogen and oxygen atoms in total. The highest BCUT2D eigenvalue weighted by Crippen LogP contribution is 2.47. The van der Waals surface area contributed by atoms with Crippen LogP contribution in [0.4, 0.5) is 0 Å². The highest BCUT2D eigenvalue weighted by molar-refractivity contribution is 5.80. The van der Waals surface area contributed by atoms with Crippen molar-refractivity contribution in [2.75, 3.05) is 6.54 Å². The van der Waals surface area contributed by atoms with Crippen molar-refractivity contribution in [1.29, 1.82) is 0 Å². The SMILES string of the molecule is O[C@@H]1[C@@H](OCc2ccc3ccccc3n2)[C@H](NC(c2ccccc2)(c2ccccc2)c2ccccc2)C[C@H](NC(c2ccccc2)(c2ccccc2)c2ccccc2)[C@H]1O[C@H]1O[C@H](CNC(c2ccccc2)(c2ccccc2)c2ccccc2)[C@@H](OCc2ccc3ccccc3n2)[C@H](OCc2ccc3ccccc3n2)[C@H]1NC(c1ccccc1)(c1ccccc1)c1ccccc1. The molecule has 4 heterocycles. The smallest absolute Gasteiger partial charge is 0.176 e. The topological polar surface area (TPSA) is 153 Å². The summed E-state index contributed by atoms with van der Waals surface area (Å²) in [6.07, 6.45) is -8.08. The molecule has 0 unspecified atom stereocenters. The van der Waals surface area contributed by atoms with Crippen molar-refractivity contribution >= 4 is 32.7 Å². The number of aliphatic hydroxyl groups excluding tert-OH is 1. The predicted octanol–water partition coefficient (Wildman–Crippen LogP) is 21.7. The number of ether oxygens (including phenoxy) is 5. The zero-order valence-electron chi connectivity index (χ0n) is 72.7. The van der Waals surface area contributed by atoms with Gasteiger partial charge in [-0.2, -0.15) is 0 Å². The molecule has 1 aliphatic heterocycles. The summed E-state index contributed by atoms with van der Waals surface area (Å²) in [5, 5.41) is 36.4. The van der Waals surface area contributed by atoms with Gasteiger partial charge in [0.15, 0.2) is 6.29 Å². The van der Waals surface area contributed by atoms with E-state index in [1.807, 2.05) is 66.7 Å². The summed E-state index contributed by atoms with van der Waals surface area (Å²) < 4.78 is 41.2. The summed E-state index contributed by atoms with van der Waals surface area (Å²) in [7, 11) is 0. The molecule has 20 rings (SSSR count). The molecular weight excluding hydrogens is 1610 g/mol. The molecule has 2 fully saturated rings. The van der Waals surface area contributed by atoms with Crippen LogP contribution in [0.15, 0.2) is 473 Å². The second kappa shape index (κ2) is 39.2. The van der Waals surface area contributed by atoms with Gasteiger partial charge in [0.1, 0.15) is 36.6 Å². The van der Waals surface area contributed by atoms with E-state index >= 15 is 5.11 Å². The zero-order chi connectivity index (χ0) is 88.1. The Morgan fingerprint density at radius 3 is 0.802 bits per heavy atom. The monoisotopic (exact) mass is 1710 g/mol. The van der Waals surface area contributed by atoms with Crippen LogP contribution in [0.1, 0.15) is 90.3 Å². The van der Waals surface area contributed by atoms with Crippen LogP contribution >= 0.6 is 0 Å². The van der Waals surface area contributed by atoms with E-state index < -0.39 is 83.2 Å². The summed E-state index contributed by atoms with van der Waals surface area (Å²) in [6, 6.07) is 162. The molecule has 18 aromatic rings. The predicted molar refractivity (Wildman–Crippen MR) is 521 cm³/mol. The second-order valence-corrected chi connectivity index (χ2v) is 34.1. The van der Waals surface area contributed by atoms with Crippen molar-refractivity contribution in [3.05, 3.63) is 557 Å². The quantitative estimate of drug-likeness (QED) is 0.0255. The number of rotatable bonds is 32. The van der Waals surface area contributed by atoms with Crippen LogP contribution in [0.2, 0.25) is 0 Å². The number of hydrogen-bond acceptors (Lipinski definition) is 13. The highest BCUT2D eigenvalue weighted by Gasteiger charge is 2.58.